The largest absolute Gasteiger partial charge is 0.253 e. The topological polar surface area (TPSA) is 3.24 Å². The highest BCUT2D eigenvalue weighted by atomic mass is 32.2. The standard InChI is InChI=1S/C11H25NS/c1-10(2)7-6-8-13-12(5)9-11(3)4/h10-11H,6-9H2,1-5H3. The smallest absolute Gasteiger partial charge is 0.0109 e. The second-order valence-corrected chi connectivity index (χ2v) is 5.86. The SMILES string of the molecule is CC(C)CCCSN(C)CC(C)C. The molecule has 0 aromatic heterocycles. The molecule has 0 rings (SSSR count). The lowest BCUT2D eigenvalue weighted by molar-refractivity contribution is 0.464. The zero-order valence-electron chi connectivity index (χ0n) is 9.84. The molecule has 0 unspecified atom stereocenters. The summed E-state index contributed by atoms with van der Waals surface area (Å²) in [5.74, 6) is 2.92. The number of hydrogen-bond acceptors (Lipinski definition) is 2. The van der Waals surface area contributed by atoms with E-state index in [2.05, 4.69) is 39.0 Å². The highest BCUT2D eigenvalue weighted by Crippen LogP contribution is 2.13. The molecular formula is C11H25NS. The maximum atomic E-state index is 2.37. The normalized spacial score (nSPS) is 12.0. The van der Waals surface area contributed by atoms with Gasteiger partial charge >= 0.3 is 0 Å². The van der Waals surface area contributed by atoms with Crippen LogP contribution in [0.2, 0.25) is 0 Å². The Morgan fingerprint density at radius 2 is 1.69 bits per heavy atom. The molecule has 0 aliphatic heterocycles. The molecule has 0 aliphatic rings. The van der Waals surface area contributed by atoms with E-state index in [9.17, 15) is 0 Å². The molecule has 80 valence electrons. The van der Waals surface area contributed by atoms with E-state index in [4.69, 9.17) is 0 Å². The zero-order chi connectivity index (χ0) is 10.3. The first-order valence-corrected chi connectivity index (χ1v) is 6.30. The lowest BCUT2D eigenvalue weighted by Gasteiger charge is -2.17. The van der Waals surface area contributed by atoms with Gasteiger partial charge in [0.05, 0.1) is 0 Å². The molecule has 0 spiro atoms. The summed E-state index contributed by atoms with van der Waals surface area (Å²) in [4.78, 5) is 0. The lowest BCUT2D eigenvalue weighted by Crippen LogP contribution is -2.16. The predicted octanol–water partition coefficient (Wildman–Crippen LogP) is 3.66. The molecule has 1 nitrogen and oxygen atoms in total. The molecule has 0 heterocycles. The van der Waals surface area contributed by atoms with Crippen LogP contribution in [0.15, 0.2) is 0 Å². The van der Waals surface area contributed by atoms with Crippen molar-refractivity contribution in [3.63, 3.8) is 0 Å². The second-order valence-electron chi connectivity index (χ2n) is 4.57. The van der Waals surface area contributed by atoms with Gasteiger partial charge in [-0.2, -0.15) is 0 Å². The van der Waals surface area contributed by atoms with Gasteiger partial charge in [-0.05, 0) is 25.3 Å². The molecule has 0 amide bonds. The van der Waals surface area contributed by atoms with E-state index in [-0.39, 0.29) is 0 Å². The second kappa shape index (κ2) is 7.69. The van der Waals surface area contributed by atoms with E-state index in [1.807, 2.05) is 11.9 Å². The Labute approximate surface area is 88.4 Å². The first-order chi connectivity index (χ1) is 6.02. The molecular weight excluding hydrogens is 178 g/mol. The molecule has 0 saturated heterocycles. The van der Waals surface area contributed by atoms with Gasteiger partial charge in [0.2, 0.25) is 0 Å². The Bertz CT molecular complexity index is 113. The average Bonchev–Trinajstić information content (AvgIpc) is 1.96. The van der Waals surface area contributed by atoms with Crippen molar-refractivity contribution in [3.05, 3.63) is 0 Å². The van der Waals surface area contributed by atoms with Crippen LogP contribution in [-0.2, 0) is 0 Å². The highest BCUT2D eigenvalue weighted by molar-refractivity contribution is 7.96. The van der Waals surface area contributed by atoms with Gasteiger partial charge in [-0.25, -0.2) is 0 Å². The third-order valence-corrected chi connectivity index (χ3v) is 2.92. The molecule has 0 fully saturated rings. The van der Waals surface area contributed by atoms with Crippen molar-refractivity contribution in [1.82, 2.24) is 4.31 Å². The van der Waals surface area contributed by atoms with Crippen LogP contribution < -0.4 is 0 Å². The first-order valence-electron chi connectivity index (χ1n) is 5.36. The highest BCUT2D eigenvalue weighted by Gasteiger charge is 2.02. The van der Waals surface area contributed by atoms with Crippen molar-refractivity contribution < 1.29 is 0 Å². The Morgan fingerprint density at radius 3 is 2.15 bits per heavy atom. The van der Waals surface area contributed by atoms with Crippen molar-refractivity contribution in [2.75, 3.05) is 19.3 Å². The number of rotatable bonds is 7. The van der Waals surface area contributed by atoms with E-state index in [0.29, 0.717) is 0 Å². The Hall–Kier alpha value is 0.310. The molecule has 0 bridgehead atoms. The Kier molecular flexibility index (Phi) is 7.87. The van der Waals surface area contributed by atoms with Crippen LogP contribution in [0, 0.1) is 11.8 Å². The molecule has 0 aliphatic carbocycles. The summed E-state index contributed by atoms with van der Waals surface area (Å²) in [6.45, 7) is 10.3. The van der Waals surface area contributed by atoms with E-state index in [0.717, 1.165) is 11.8 Å². The van der Waals surface area contributed by atoms with Gasteiger partial charge in [0.15, 0.2) is 0 Å². The Balaban J connectivity index is 3.22. The van der Waals surface area contributed by atoms with Crippen LogP contribution >= 0.6 is 11.9 Å². The van der Waals surface area contributed by atoms with Crippen LogP contribution in [0.3, 0.4) is 0 Å². The van der Waals surface area contributed by atoms with Gasteiger partial charge in [0.25, 0.3) is 0 Å². The van der Waals surface area contributed by atoms with E-state index in [1.54, 1.807) is 0 Å². The fraction of sp³-hybridized carbons (Fsp3) is 1.00. The summed E-state index contributed by atoms with van der Waals surface area (Å²) in [6, 6.07) is 0. The minimum atomic E-state index is 0.780. The van der Waals surface area contributed by atoms with Gasteiger partial charge in [-0.3, -0.25) is 4.31 Å². The minimum absolute atomic E-state index is 0.780. The van der Waals surface area contributed by atoms with Crippen molar-refractivity contribution in [1.29, 1.82) is 0 Å². The monoisotopic (exact) mass is 203 g/mol. The number of hydrogen-bond donors (Lipinski definition) is 0. The van der Waals surface area contributed by atoms with Crippen molar-refractivity contribution in [2.45, 2.75) is 40.5 Å². The van der Waals surface area contributed by atoms with E-state index < -0.39 is 0 Å². The predicted molar refractivity (Wildman–Crippen MR) is 64.0 cm³/mol. The fourth-order valence-corrected chi connectivity index (χ4v) is 2.29. The zero-order valence-corrected chi connectivity index (χ0v) is 10.7. The molecule has 0 aromatic rings. The van der Waals surface area contributed by atoms with Crippen molar-refractivity contribution in [2.24, 2.45) is 11.8 Å². The lowest BCUT2D eigenvalue weighted by atomic mass is 10.1. The summed E-state index contributed by atoms with van der Waals surface area (Å²) in [7, 11) is 2.19. The van der Waals surface area contributed by atoms with Gasteiger partial charge in [0.1, 0.15) is 0 Å². The summed E-state index contributed by atoms with van der Waals surface area (Å²) in [5.41, 5.74) is 0. The molecule has 0 aromatic carbocycles. The molecule has 0 saturated carbocycles. The maximum absolute atomic E-state index is 2.37. The molecule has 0 radical (unpaired) electrons. The van der Waals surface area contributed by atoms with Gasteiger partial charge < -0.3 is 0 Å². The van der Waals surface area contributed by atoms with Crippen LogP contribution in [0.1, 0.15) is 40.5 Å². The third kappa shape index (κ3) is 10.2. The third-order valence-electron chi connectivity index (χ3n) is 1.86. The van der Waals surface area contributed by atoms with Gasteiger partial charge in [-0.1, -0.05) is 46.1 Å². The van der Waals surface area contributed by atoms with Crippen LogP contribution in [0.25, 0.3) is 0 Å². The van der Waals surface area contributed by atoms with Crippen LogP contribution in [-0.4, -0.2) is 23.7 Å². The molecule has 13 heavy (non-hydrogen) atoms. The maximum Gasteiger partial charge on any atom is 0.0109 e. The van der Waals surface area contributed by atoms with E-state index in [1.165, 1.54) is 25.1 Å². The fourth-order valence-electron chi connectivity index (χ4n) is 1.28. The summed E-state index contributed by atoms with van der Waals surface area (Å²) in [6.07, 6.45) is 2.72. The molecule has 0 atom stereocenters. The van der Waals surface area contributed by atoms with E-state index >= 15 is 0 Å². The average molecular weight is 203 g/mol. The summed E-state index contributed by atoms with van der Waals surface area (Å²) >= 11 is 1.98. The van der Waals surface area contributed by atoms with Crippen LogP contribution in [0.5, 0.6) is 0 Å². The first kappa shape index (κ1) is 13.3. The van der Waals surface area contributed by atoms with Gasteiger partial charge in [-0.15, -0.1) is 0 Å². The van der Waals surface area contributed by atoms with Crippen molar-refractivity contribution >= 4 is 11.9 Å². The van der Waals surface area contributed by atoms with Crippen molar-refractivity contribution in [3.8, 4) is 0 Å². The molecule has 0 N–H and O–H groups in total. The quantitative estimate of drug-likeness (QED) is 0.459. The Morgan fingerprint density at radius 1 is 1.08 bits per heavy atom. The number of nitrogens with zero attached hydrogens (tertiary/aromatic N) is 1. The minimum Gasteiger partial charge on any atom is -0.253 e. The summed E-state index contributed by atoms with van der Waals surface area (Å²) < 4.78 is 2.37. The van der Waals surface area contributed by atoms with Crippen LogP contribution in [0.4, 0.5) is 0 Å². The van der Waals surface area contributed by atoms with Gasteiger partial charge in [0, 0.05) is 12.3 Å². The summed E-state index contributed by atoms with van der Waals surface area (Å²) in [5, 5.41) is 0. The molecule has 2 heteroatoms.